The topological polar surface area (TPSA) is 105 Å². The minimum absolute atomic E-state index is 0.0130. The van der Waals surface area contributed by atoms with Crippen molar-refractivity contribution in [1.29, 1.82) is 0 Å². The maximum Gasteiger partial charge on any atom is 0.251 e. The fourth-order valence-corrected chi connectivity index (χ4v) is 3.38. The first-order valence-electron chi connectivity index (χ1n) is 8.14. The molecule has 146 valence electrons. The molecular weight excluding hydrogens is 392 g/mol. The predicted molar refractivity (Wildman–Crippen MR) is 102 cm³/mol. The number of amides is 1. The maximum absolute atomic E-state index is 12.2. The van der Waals surface area contributed by atoms with Gasteiger partial charge in [0.15, 0.2) is 0 Å². The second-order valence-corrected chi connectivity index (χ2v) is 7.90. The Labute approximate surface area is 163 Å². The van der Waals surface area contributed by atoms with Crippen LogP contribution in [0.2, 0.25) is 5.02 Å². The predicted octanol–water partition coefficient (Wildman–Crippen LogP) is 1.73. The van der Waals surface area contributed by atoms with Crippen molar-refractivity contribution in [3.8, 4) is 0 Å². The van der Waals surface area contributed by atoms with Crippen molar-refractivity contribution >= 4 is 27.5 Å². The van der Waals surface area contributed by atoms with E-state index in [0.717, 1.165) is 0 Å². The lowest BCUT2D eigenvalue weighted by molar-refractivity contribution is 0.0916. The second kappa shape index (κ2) is 9.82. The Balaban J connectivity index is 1.94. The number of sulfonamides is 1. The Bertz CT molecular complexity index is 854. The zero-order chi connectivity index (χ0) is 19.9. The third-order valence-electron chi connectivity index (χ3n) is 3.74. The number of benzene rings is 2. The van der Waals surface area contributed by atoms with Gasteiger partial charge in [0, 0.05) is 30.8 Å². The van der Waals surface area contributed by atoms with Gasteiger partial charge in [-0.25, -0.2) is 13.1 Å². The summed E-state index contributed by atoms with van der Waals surface area (Å²) in [6, 6.07) is 12.2. The largest absolute Gasteiger partial charge is 0.387 e. The first kappa shape index (κ1) is 21.3. The second-order valence-electron chi connectivity index (χ2n) is 5.69. The smallest absolute Gasteiger partial charge is 0.251 e. The van der Waals surface area contributed by atoms with Crippen LogP contribution in [0.4, 0.5) is 0 Å². The molecule has 2 aromatic rings. The molecule has 0 spiro atoms. The molecule has 0 fully saturated rings. The number of halogens is 1. The molecule has 0 aliphatic carbocycles. The summed E-state index contributed by atoms with van der Waals surface area (Å²) in [5.74, 6) is -0.417. The van der Waals surface area contributed by atoms with E-state index in [1.165, 1.54) is 31.4 Å². The standard InChI is InChI=1S/C18H21ClN2O5S/c1-26-11-10-21-27(24,25)16-8-4-14(5-9-16)18(23)20-12-17(22)13-2-6-15(19)7-3-13/h2-9,17,21-22H,10-12H2,1H3,(H,20,23)/t17-/m0/s1. The van der Waals surface area contributed by atoms with Crippen LogP contribution in [0.1, 0.15) is 22.0 Å². The lowest BCUT2D eigenvalue weighted by atomic mass is 10.1. The summed E-state index contributed by atoms with van der Waals surface area (Å²) in [4.78, 5) is 12.2. The number of methoxy groups -OCH3 is 1. The molecule has 0 unspecified atom stereocenters. The van der Waals surface area contributed by atoms with E-state index in [-0.39, 0.29) is 30.2 Å². The molecule has 0 aromatic heterocycles. The van der Waals surface area contributed by atoms with Gasteiger partial charge in [-0.3, -0.25) is 4.79 Å². The number of carbonyl (C=O) groups is 1. The van der Waals surface area contributed by atoms with Crippen molar-refractivity contribution in [3.63, 3.8) is 0 Å². The van der Waals surface area contributed by atoms with Crippen molar-refractivity contribution in [2.75, 3.05) is 26.8 Å². The Morgan fingerprint density at radius 2 is 1.78 bits per heavy atom. The van der Waals surface area contributed by atoms with Crippen LogP contribution in [-0.4, -0.2) is 46.2 Å². The van der Waals surface area contributed by atoms with E-state index in [2.05, 4.69) is 10.0 Å². The van der Waals surface area contributed by atoms with Gasteiger partial charge in [-0.05, 0) is 42.0 Å². The van der Waals surface area contributed by atoms with Crippen LogP contribution in [0.5, 0.6) is 0 Å². The minimum Gasteiger partial charge on any atom is -0.387 e. The molecule has 0 aliphatic heterocycles. The van der Waals surface area contributed by atoms with Crippen LogP contribution >= 0.6 is 11.6 Å². The average molecular weight is 413 g/mol. The SMILES string of the molecule is COCCNS(=O)(=O)c1ccc(C(=O)NC[C@H](O)c2ccc(Cl)cc2)cc1. The lowest BCUT2D eigenvalue weighted by Crippen LogP contribution is -2.29. The van der Waals surface area contributed by atoms with E-state index in [0.29, 0.717) is 10.6 Å². The van der Waals surface area contributed by atoms with Crippen molar-refractivity contribution in [2.45, 2.75) is 11.0 Å². The van der Waals surface area contributed by atoms with Gasteiger partial charge in [0.25, 0.3) is 5.91 Å². The molecule has 2 rings (SSSR count). The van der Waals surface area contributed by atoms with Crippen molar-refractivity contribution in [1.82, 2.24) is 10.0 Å². The van der Waals surface area contributed by atoms with Gasteiger partial charge >= 0.3 is 0 Å². The van der Waals surface area contributed by atoms with Gasteiger partial charge in [0.1, 0.15) is 0 Å². The number of hydrogen-bond donors (Lipinski definition) is 3. The monoisotopic (exact) mass is 412 g/mol. The van der Waals surface area contributed by atoms with Gasteiger partial charge in [-0.2, -0.15) is 0 Å². The summed E-state index contributed by atoms with van der Waals surface area (Å²) in [7, 11) is -2.18. The summed E-state index contributed by atoms with van der Waals surface area (Å²) < 4.78 is 31.3. The third kappa shape index (κ3) is 6.30. The first-order valence-corrected chi connectivity index (χ1v) is 10.00. The highest BCUT2D eigenvalue weighted by Crippen LogP contribution is 2.16. The lowest BCUT2D eigenvalue weighted by Gasteiger charge is -2.13. The molecular formula is C18H21ClN2O5S. The molecule has 1 atom stereocenters. The Hall–Kier alpha value is -1.97. The summed E-state index contributed by atoms with van der Waals surface area (Å²) in [5.41, 5.74) is 0.914. The van der Waals surface area contributed by atoms with Gasteiger partial charge in [0.2, 0.25) is 10.0 Å². The van der Waals surface area contributed by atoms with Crippen molar-refractivity contribution in [3.05, 3.63) is 64.7 Å². The Kier molecular flexibility index (Phi) is 7.76. The zero-order valence-corrected chi connectivity index (χ0v) is 16.3. The normalized spacial score (nSPS) is 12.6. The zero-order valence-electron chi connectivity index (χ0n) is 14.7. The summed E-state index contributed by atoms with van der Waals surface area (Å²) in [6.45, 7) is 0.429. The highest BCUT2D eigenvalue weighted by molar-refractivity contribution is 7.89. The van der Waals surface area contributed by atoms with Gasteiger partial charge < -0.3 is 15.2 Å². The summed E-state index contributed by atoms with van der Waals surface area (Å²) in [6.07, 6.45) is -0.879. The highest BCUT2D eigenvalue weighted by atomic mass is 35.5. The van der Waals surface area contributed by atoms with Crippen LogP contribution < -0.4 is 10.0 Å². The Morgan fingerprint density at radius 1 is 1.15 bits per heavy atom. The number of aliphatic hydroxyl groups excluding tert-OH is 1. The molecule has 7 nitrogen and oxygen atoms in total. The number of rotatable bonds is 9. The van der Waals surface area contributed by atoms with E-state index < -0.39 is 22.0 Å². The molecule has 0 aliphatic rings. The molecule has 0 saturated carbocycles. The quantitative estimate of drug-likeness (QED) is 0.544. The summed E-state index contributed by atoms with van der Waals surface area (Å²) in [5, 5.41) is 13.3. The molecule has 0 radical (unpaired) electrons. The number of ether oxygens (including phenoxy) is 1. The molecule has 0 saturated heterocycles. The first-order chi connectivity index (χ1) is 12.8. The Morgan fingerprint density at radius 3 is 2.37 bits per heavy atom. The summed E-state index contributed by atoms with van der Waals surface area (Å²) >= 11 is 5.80. The molecule has 3 N–H and O–H groups in total. The molecule has 0 heterocycles. The van der Waals surface area contributed by atoms with E-state index in [4.69, 9.17) is 16.3 Å². The van der Waals surface area contributed by atoms with Gasteiger partial charge in [0.05, 0.1) is 17.6 Å². The van der Waals surface area contributed by atoms with Crippen LogP contribution in [0.3, 0.4) is 0 Å². The van der Waals surface area contributed by atoms with Crippen LogP contribution in [0.25, 0.3) is 0 Å². The molecule has 27 heavy (non-hydrogen) atoms. The van der Waals surface area contributed by atoms with E-state index in [1.54, 1.807) is 24.3 Å². The maximum atomic E-state index is 12.2. The van der Waals surface area contributed by atoms with Gasteiger partial charge in [-0.15, -0.1) is 0 Å². The molecule has 9 heteroatoms. The molecule has 1 amide bonds. The van der Waals surface area contributed by atoms with Crippen LogP contribution in [0, 0.1) is 0 Å². The highest BCUT2D eigenvalue weighted by Gasteiger charge is 2.15. The van der Waals surface area contributed by atoms with Crippen molar-refractivity contribution in [2.24, 2.45) is 0 Å². The molecule has 0 bridgehead atoms. The van der Waals surface area contributed by atoms with Gasteiger partial charge in [-0.1, -0.05) is 23.7 Å². The number of nitrogens with one attached hydrogen (secondary N) is 2. The minimum atomic E-state index is -3.65. The van der Waals surface area contributed by atoms with Crippen LogP contribution in [-0.2, 0) is 14.8 Å². The number of carbonyl (C=O) groups excluding carboxylic acids is 1. The average Bonchev–Trinajstić information content (AvgIpc) is 2.66. The number of aliphatic hydroxyl groups is 1. The third-order valence-corrected chi connectivity index (χ3v) is 5.46. The van der Waals surface area contributed by atoms with Crippen LogP contribution in [0.15, 0.2) is 53.4 Å². The molecule has 2 aromatic carbocycles. The fourth-order valence-electron chi connectivity index (χ4n) is 2.24. The number of hydrogen-bond acceptors (Lipinski definition) is 5. The van der Waals surface area contributed by atoms with E-state index in [9.17, 15) is 18.3 Å². The van der Waals surface area contributed by atoms with Crippen molar-refractivity contribution < 1.29 is 23.1 Å². The van der Waals surface area contributed by atoms with E-state index in [1.807, 2.05) is 0 Å². The fraction of sp³-hybridized carbons (Fsp3) is 0.278. The van der Waals surface area contributed by atoms with E-state index >= 15 is 0 Å².